The smallest absolute Gasteiger partial charge is 0.272 e. The van der Waals surface area contributed by atoms with E-state index in [4.69, 9.17) is 0 Å². The van der Waals surface area contributed by atoms with E-state index in [0.717, 1.165) is 21.9 Å². The highest BCUT2D eigenvalue weighted by atomic mass is 32.1. The number of carbonyl (C=O) groups is 2. The molecule has 5 heteroatoms. The maximum atomic E-state index is 13.2. The average Bonchev–Trinajstić information content (AvgIpc) is 2.94. The van der Waals surface area contributed by atoms with Gasteiger partial charge in [-0.3, -0.25) is 14.0 Å². The fourth-order valence-corrected chi connectivity index (χ4v) is 4.17. The molecule has 0 aromatic heterocycles. The quantitative estimate of drug-likeness (QED) is 0.371. The van der Waals surface area contributed by atoms with Gasteiger partial charge in [0.15, 0.2) is 0 Å². The van der Waals surface area contributed by atoms with Gasteiger partial charge in [0, 0.05) is 12.5 Å². The number of benzene rings is 2. The zero-order valence-electron chi connectivity index (χ0n) is 17.2. The largest absolute Gasteiger partial charge is 0.337 e. The van der Waals surface area contributed by atoms with E-state index < -0.39 is 6.04 Å². The Hall–Kier alpha value is -2.53. The van der Waals surface area contributed by atoms with E-state index in [1.54, 1.807) is 0 Å². The summed E-state index contributed by atoms with van der Waals surface area (Å²) in [6.45, 7) is 5.95. The lowest BCUT2D eigenvalue weighted by Crippen LogP contribution is -2.41. The fourth-order valence-electron chi connectivity index (χ4n) is 3.89. The SMILES string of the molecule is C/C=C\C(=C/C)CC(CC)N1C(=O)C(Cc2ccc3ccccc3c2)N(S)C1=O. The maximum absolute atomic E-state index is 13.2. The van der Waals surface area contributed by atoms with Crippen LogP contribution in [0.15, 0.2) is 66.3 Å². The third kappa shape index (κ3) is 4.40. The van der Waals surface area contributed by atoms with Gasteiger partial charge >= 0.3 is 6.03 Å². The van der Waals surface area contributed by atoms with Crippen molar-refractivity contribution in [3.8, 4) is 0 Å². The van der Waals surface area contributed by atoms with E-state index in [1.165, 1.54) is 9.21 Å². The summed E-state index contributed by atoms with van der Waals surface area (Å²) in [6, 6.07) is 13.2. The van der Waals surface area contributed by atoms with Crippen LogP contribution in [0.3, 0.4) is 0 Å². The topological polar surface area (TPSA) is 40.6 Å². The van der Waals surface area contributed by atoms with Crippen molar-refractivity contribution in [3.05, 3.63) is 71.8 Å². The molecule has 3 rings (SSSR count). The lowest BCUT2D eigenvalue weighted by atomic mass is 10.00. The summed E-state index contributed by atoms with van der Waals surface area (Å²) in [5, 5.41) is 2.28. The second-order valence-corrected chi connectivity index (χ2v) is 7.80. The molecular formula is C24H28N2O2S. The van der Waals surface area contributed by atoms with Gasteiger partial charge in [0.25, 0.3) is 5.91 Å². The Morgan fingerprint density at radius 1 is 1.14 bits per heavy atom. The van der Waals surface area contributed by atoms with Gasteiger partial charge in [-0.25, -0.2) is 4.79 Å². The number of amides is 3. The van der Waals surface area contributed by atoms with Gasteiger partial charge in [0.1, 0.15) is 6.04 Å². The molecule has 1 saturated heterocycles. The van der Waals surface area contributed by atoms with Gasteiger partial charge in [-0.1, -0.05) is 86.0 Å². The molecule has 1 fully saturated rings. The number of fused-ring (bicyclic) bond motifs is 1. The minimum Gasteiger partial charge on any atom is -0.272 e. The number of hydrogen-bond donors (Lipinski definition) is 1. The first kappa shape index (κ1) is 21.2. The van der Waals surface area contributed by atoms with Gasteiger partial charge in [-0.2, -0.15) is 0 Å². The fraction of sp³-hybridized carbons (Fsp3) is 0.333. The molecule has 0 N–H and O–H groups in total. The van der Waals surface area contributed by atoms with Gasteiger partial charge < -0.3 is 0 Å². The van der Waals surface area contributed by atoms with Crippen molar-refractivity contribution in [2.24, 2.45) is 0 Å². The van der Waals surface area contributed by atoms with Crippen molar-refractivity contribution in [1.29, 1.82) is 0 Å². The van der Waals surface area contributed by atoms with Crippen LogP contribution in [0.5, 0.6) is 0 Å². The highest BCUT2D eigenvalue weighted by molar-refractivity contribution is 7.78. The van der Waals surface area contributed by atoms with Crippen molar-refractivity contribution in [2.45, 2.75) is 52.1 Å². The van der Waals surface area contributed by atoms with Crippen LogP contribution < -0.4 is 0 Å². The molecule has 1 aliphatic heterocycles. The van der Waals surface area contributed by atoms with Crippen LogP contribution >= 0.6 is 12.8 Å². The summed E-state index contributed by atoms with van der Waals surface area (Å²) in [5.74, 6) is -0.166. The van der Waals surface area contributed by atoms with E-state index in [0.29, 0.717) is 19.3 Å². The molecule has 1 aliphatic rings. The number of thiol groups is 1. The Morgan fingerprint density at radius 2 is 1.86 bits per heavy atom. The molecule has 2 unspecified atom stereocenters. The van der Waals surface area contributed by atoms with Crippen molar-refractivity contribution in [1.82, 2.24) is 9.21 Å². The minimum absolute atomic E-state index is 0.166. The van der Waals surface area contributed by atoms with Crippen molar-refractivity contribution >= 4 is 35.5 Å². The second-order valence-electron chi connectivity index (χ2n) is 7.37. The van der Waals surface area contributed by atoms with Gasteiger partial charge in [-0.15, -0.1) is 0 Å². The summed E-state index contributed by atoms with van der Waals surface area (Å²) in [7, 11) is 0. The number of imide groups is 1. The van der Waals surface area contributed by atoms with E-state index in [-0.39, 0.29) is 18.0 Å². The summed E-state index contributed by atoms with van der Waals surface area (Å²) in [6.07, 6.45) is 7.84. The van der Waals surface area contributed by atoms with Crippen LogP contribution in [-0.4, -0.2) is 33.2 Å². The Bertz CT molecular complexity index is 966. The summed E-state index contributed by atoms with van der Waals surface area (Å²) >= 11 is 4.39. The van der Waals surface area contributed by atoms with Crippen LogP contribution in [0, 0.1) is 0 Å². The van der Waals surface area contributed by atoms with Crippen LogP contribution in [0.4, 0.5) is 4.79 Å². The van der Waals surface area contributed by atoms with Crippen molar-refractivity contribution < 1.29 is 9.59 Å². The number of urea groups is 1. The average molecular weight is 409 g/mol. The second kappa shape index (κ2) is 9.31. The first-order chi connectivity index (χ1) is 14.0. The molecule has 2 aromatic carbocycles. The molecule has 0 radical (unpaired) electrons. The maximum Gasteiger partial charge on any atom is 0.337 e. The molecule has 0 bridgehead atoms. The first-order valence-corrected chi connectivity index (χ1v) is 10.5. The molecule has 29 heavy (non-hydrogen) atoms. The summed E-state index contributed by atoms with van der Waals surface area (Å²) in [5.41, 5.74) is 2.13. The molecule has 3 amide bonds. The van der Waals surface area contributed by atoms with Gasteiger partial charge in [0.2, 0.25) is 0 Å². The van der Waals surface area contributed by atoms with E-state index in [9.17, 15) is 9.59 Å². The van der Waals surface area contributed by atoms with E-state index >= 15 is 0 Å². The standard InChI is InChI=1S/C24H28N2O2S/c1-4-9-17(5-2)15-21(6-3)25-23(27)22(26(29)24(25)28)16-18-12-13-19-10-7-8-11-20(19)14-18/h4-5,7-14,21-22,29H,6,15-16H2,1-3H3/b9-4-,17-5+. The number of carbonyl (C=O) groups excluding carboxylic acids is 2. The van der Waals surface area contributed by atoms with E-state index in [2.05, 4.69) is 37.1 Å². The predicted octanol–water partition coefficient (Wildman–Crippen LogP) is 5.55. The van der Waals surface area contributed by atoms with Crippen molar-refractivity contribution in [2.75, 3.05) is 0 Å². The third-order valence-corrected chi connectivity index (χ3v) is 5.97. The lowest BCUT2D eigenvalue weighted by Gasteiger charge is -2.25. The number of rotatable bonds is 7. The van der Waals surface area contributed by atoms with Crippen LogP contribution in [0.25, 0.3) is 10.8 Å². The van der Waals surface area contributed by atoms with Gasteiger partial charge in [0.05, 0.1) is 0 Å². The van der Waals surface area contributed by atoms with Crippen LogP contribution in [-0.2, 0) is 11.2 Å². The van der Waals surface area contributed by atoms with Crippen LogP contribution in [0.1, 0.15) is 39.2 Å². The summed E-state index contributed by atoms with van der Waals surface area (Å²) < 4.78 is 1.30. The van der Waals surface area contributed by atoms with Crippen LogP contribution in [0.2, 0.25) is 0 Å². The Kier molecular flexibility index (Phi) is 6.80. The molecule has 2 atom stereocenters. The Morgan fingerprint density at radius 3 is 2.52 bits per heavy atom. The third-order valence-electron chi connectivity index (χ3n) is 5.52. The monoisotopic (exact) mass is 408 g/mol. The molecule has 0 aliphatic carbocycles. The number of hydrogen-bond acceptors (Lipinski definition) is 3. The Balaban J connectivity index is 1.82. The van der Waals surface area contributed by atoms with Crippen molar-refractivity contribution in [3.63, 3.8) is 0 Å². The first-order valence-electron chi connectivity index (χ1n) is 10.1. The molecule has 2 aromatic rings. The lowest BCUT2D eigenvalue weighted by molar-refractivity contribution is -0.129. The van der Waals surface area contributed by atoms with E-state index in [1.807, 2.05) is 57.2 Å². The normalized spacial score (nSPS) is 19.0. The highest BCUT2D eigenvalue weighted by Gasteiger charge is 2.46. The highest BCUT2D eigenvalue weighted by Crippen LogP contribution is 2.29. The minimum atomic E-state index is -0.586. The molecule has 1 heterocycles. The zero-order valence-corrected chi connectivity index (χ0v) is 18.1. The summed E-state index contributed by atoms with van der Waals surface area (Å²) in [4.78, 5) is 27.5. The molecule has 0 saturated carbocycles. The zero-order chi connectivity index (χ0) is 21.0. The Labute approximate surface area is 178 Å². The predicted molar refractivity (Wildman–Crippen MR) is 122 cm³/mol. The molecule has 0 spiro atoms. The number of allylic oxidation sites excluding steroid dienone is 3. The molecular weight excluding hydrogens is 380 g/mol. The van der Waals surface area contributed by atoms with Gasteiger partial charge in [-0.05, 0) is 43.0 Å². The molecule has 4 nitrogen and oxygen atoms in total. The number of nitrogens with zero attached hydrogens (tertiary/aromatic N) is 2. The molecule has 152 valence electrons.